The number of aryl methyl sites for hydroxylation is 2. The molecule has 1 aliphatic rings. The van der Waals surface area contributed by atoms with E-state index in [1.54, 1.807) is 0 Å². The highest BCUT2D eigenvalue weighted by atomic mass is 16.1. The maximum atomic E-state index is 11.3. The number of hydrogen-bond donors (Lipinski definition) is 0. The fourth-order valence-corrected chi connectivity index (χ4v) is 2.25. The smallest absolute Gasteiger partial charge is 0.135 e. The van der Waals surface area contributed by atoms with Gasteiger partial charge in [0.15, 0.2) is 0 Å². The second-order valence-corrected chi connectivity index (χ2v) is 4.21. The van der Waals surface area contributed by atoms with Crippen molar-refractivity contribution in [3.05, 3.63) is 17.5 Å². The predicted molar refractivity (Wildman–Crippen MR) is 58.9 cm³/mol. The zero-order valence-corrected chi connectivity index (χ0v) is 9.49. The zero-order valence-electron chi connectivity index (χ0n) is 9.49. The monoisotopic (exact) mass is 206 g/mol. The molecule has 3 heteroatoms. The molecule has 1 saturated carbocycles. The Hall–Kier alpha value is -1.12. The normalized spacial score (nSPS) is 21.2. The van der Waals surface area contributed by atoms with E-state index in [4.69, 9.17) is 0 Å². The zero-order chi connectivity index (χ0) is 10.8. The van der Waals surface area contributed by atoms with Gasteiger partial charge in [-0.05, 0) is 25.3 Å². The first kappa shape index (κ1) is 10.4. The van der Waals surface area contributed by atoms with Crippen LogP contribution in [-0.2, 0) is 17.6 Å². The van der Waals surface area contributed by atoms with Crippen molar-refractivity contribution in [2.45, 2.75) is 52.0 Å². The van der Waals surface area contributed by atoms with Gasteiger partial charge in [-0.2, -0.15) is 5.10 Å². The second kappa shape index (κ2) is 4.17. The van der Waals surface area contributed by atoms with E-state index < -0.39 is 0 Å². The Kier molecular flexibility index (Phi) is 2.89. The molecule has 1 atom stereocenters. The van der Waals surface area contributed by atoms with Gasteiger partial charge in [0.05, 0.1) is 11.7 Å². The van der Waals surface area contributed by atoms with Crippen LogP contribution in [0.2, 0.25) is 0 Å². The fourth-order valence-electron chi connectivity index (χ4n) is 2.25. The van der Waals surface area contributed by atoms with Crippen LogP contribution in [-0.4, -0.2) is 15.6 Å². The van der Waals surface area contributed by atoms with Crippen molar-refractivity contribution in [3.8, 4) is 0 Å². The molecule has 0 aromatic carbocycles. The minimum Gasteiger partial charge on any atom is -0.300 e. The number of nitrogens with zero attached hydrogens (tertiary/aromatic N) is 2. The van der Waals surface area contributed by atoms with E-state index in [1.807, 2.05) is 0 Å². The molecule has 1 aliphatic carbocycles. The topological polar surface area (TPSA) is 34.9 Å². The summed E-state index contributed by atoms with van der Waals surface area (Å²) in [6, 6.07) is 2.50. The van der Waals surface area contributed by atoms with Crippen LogP contribution in [0.1, 0.15) is 50.5 Å². The Balaban J connectivity index is 2.26. The standard InChI is InChI=1S/C12H18N2O/c1-3-9-7-10(4-2)14(13-9)11-5-6-12(15)8-11/h7,11H,3-6,8H2,1-2H3. The molecule has 0 amide bonds. The summed E-state index contributed by atoms with van der Waals surface area (Å²) >= 11 is 0. The Labute approximate surface area is 90.5 Å². The maximum Gasteiger partial charge on any atom is 0.135 e. The van der Waals surface area contributed by atoms with Crippen LogP contribution in [0.3, 0.4) is 0 Å². The highest BCUT2D eigenvalue weighted by Crippen LogP contribution is 2.28. The lowest BCUT2D eigenvalue weighted by Crippen LogP contribution is -2.10. The fraction of sp³-hybridized carbons (Fsp3) is 0.667. The van der Waals surface area contributed by atoms with E-state index in [1.165, 1.54) is 5.69 Å². The molecule has 0 radical (unpaired) electrons. The number of rotatable bonds is 3. The molecule has 0 N–H and O–H groups in total. The number of ketones is 1. The summed E-state index contributed by atoms with van der Waals surface area (Å²) in [5.41, 5.74) is 2.41. The van der Waals surface area contributed by atoms with Crippen molar-refractivity contribution in [1.82, 2.24) is 9.78 Å². The number of carbonyl (C=O) groups excluding carboxylic acids is 1. The molecular weight excluding hydrogens is 188 g/mol. The Bertz CT molecular complexity index is 368. The molecule has 3 nitrogen and oxygen atoms in total. The van der Waals surface area contributed by atoms with Gasteiger partial charge in [-0.25, -0.2) is 0 Å². The van der Waals surface area contributed by atoms with E-state index >= 15 is 0 Å². The third kappa shape index (κ3) is 1.96. The molecule has 15 heavy (non-hydrogen) atoms. The van der Waals surface area contributed by atoms with Crippen LogP contribution in [0.4, 0.5) is 0 Å². The molecule has 0 bridgehead atoms. The van der Waals surface area contributed by atoms with E-state index in [9.17, 15) is 4.79 Å². The van der Waals surface area contributed by atoms with Gasteiger partial charge in [-0.1, -0.05) is 13.8 Å². The molecular formula is C12H18N2O. The lowest BCUT2D eigenvalue weighted by Gasteiger charge is -2.12. The third-order valence-electron chi connectivity index (χ3n) is 3.15. The van der Waals surface area contributed by atoms with Crippen molar-refractivity contribution >= 4 is 5.78 Å². The molecule has 1 aromatic heterocycles. The van der Waals surface area contributed by atoms with Gasteiger partial charge in [0.25, 0.3) is 0 Å². The molecule has 0 saturated heterocycles. The van der Waals surface area contributed by atoms with Crippen molar-refractivity contribution in [2.24, 2.45) is 0 Å². The first-order chi connectivity index (χ1) is 7.24. The van der Waals surface area contributed by atoms with Gasteiger partial charge in [-0.3, -0.25) is 9.48 Å². The van der Waals surface area contributed by atoms with Crippen LogP contribution >= 0.6 is 0 Å². The quantitative estimate of drug-likeness (QED) is 0.760. The van der Waals surface area contributed by atoms with Crippen LogP contribution in [0.25, 0.3) is 0 Å². The SMILES string of the molecule is CCc1cc(CC)n(C2CCC(=O)C2)n1. The summed E-state index contributed by atoms with van der Waals surface area (Å²) in [4.78, 5) is 11.3. The molecule has 2 rings (SSSR count). The Morgan fingerprint density at radius 2 is 2.27 bits per heavy atom. The third-order valence-corrected chi connectivity index (χ3v) is 3.15. The lowest BCUT2D eigenvalue weighted by atomic mass is 10.2. The maximum absolute atomic E-state index is 11.3. The van der Waals surface area contributed by atoms with Crippen molar-refractivity contribution in [3.63, 3.8) is 0 Å². The van der Waals surface area contributed by atoms with Gasteiger partial charge in [0.2, 0.25) is 0 Å². The predicted octanol–water partition coefficient (Wildman–Crippen LogP) is 2.30. The highest BCUT2D eigenvalue weighted by molar-refractivity contribution is 5.80. The summed E-state index contributed by atoms with van der Waals surface area (Å²) in [6.07, 6.45) is 4.35. The second-order valence-electron chi connectivity index (χ2n) is 4.21. The van der Waals surface area contributed by atoms with Crippen molar-refractivity contribution < 1.29 is 4.79 Å². The van der Waals surface area contributed by atoms with Gasteiger partial charge in [-0.15, -0.1) is 0 Å². The number of hydrogen-bond acceptors (Lipinski definition) is 2. The number of carbonyl (C=O) groups is 1. The summed E-state index contributed by atoms with van der Waals surface area (Å²) in [6.45, 7) is 4.26. The van der Waals surface area contributed by atoms with Crippen LogP contribution in [0.15, 0.2) is 6.07 Å². The Morgan fingerprint density at radius 3 is 2.80 bits per heavy atom. The van der Waals surface area contributed by atoms with Gasteiger partial charge < -0.3 is 0 Å². The number of aromatic nitrogens is 2. The first-order valence-corrected chi connectivity index (χ1v) is 5.83. The van der Waals surface area contributed by atoms with Crippen molar-refractivity contribution in [1.29, 1.82) is 0 Å². The summed E-state index contributed by atoms with van der Waals surface area (Å²) < 4.78 is 2.09. The van der Waals surface area contributed by atoms with Gasteiger partial charge in [0, 0.05) is 18.5 Å². The summed E-state index contributed by atoms with van der Waals surface area (Å²) in [5, 5.41) is 4.58. The molecule has 1 fully saturated rings. The summed E-state index contributed by atoms with van der Waals surface area (Å²) in [7, 11) is 0. The van der Waals surface area contributed by atoms with Crippen LogP contribution in [0.5, 0.6) is 0 Å². The van der Waals surface area contributed by atoms with Crippen molar-refractivity contribution in [2.75, 3.05) is 0 Å². The molecule has 1 aromatic rings. The molecule has 0 spiro atoms. The summed E-state index contributed by atoms with van der Waals surface area (Å²) in [5.74, 6) is 0.385. The Morgan fingerprint density at radius 1 is 1.47 bits per heavy atom. The minimum atomic E-state index is 0.327. The first-order valence-electron chi connectivity index (χ1n) is 5.83. The molecule has 1 unspecified atom stereocenters. The van der Waals surface area contributed by atoms with E-state index in [2.05, 4.69) is 29.7 Å². The molecule has 82 valence electrons. The van der Waals surface area contributed by atoms with Gasteiger partial charge >= 0.3 is 0 Å². The largest absolute Gasteiger partial charge is 0.300 e. The van der Waals surface area contributed by atoms with Crippen LogP contribution in [0, 0.1) is 0 Å². The average molecular weight is 206 g/mol. The number of Topliss-reactive ketones (excluding diaryl/α,β-unsaturated/α-hetero) is 1. The van der Waals surface area contributed by atoms with Crippen LogP contribution < -0.4 is 0 Å². The highest BCUT2D eigenvalue weighted by Gasteiger charge is 2.25. The molecule has 1 heterocycles. The molecule has 0 aliphatic heterocycles. The van der Waals surface area contributed by atoms with Gasteiger partial charge in [0.1, 0.15) is 5.78 Å². The minimum absolute atomic E-state index is 0.327. The van der Waals surface area contributed by atoms with E-state index in [-0.39, 0.29) is 0 Å². The van der Waals surface area contributed by atoms with E-state index in [0.29, 0.717) is 18.2 Å². The lowest BCUT2D eigenvalue weighted by molar-refractivity contribution is -0.117. The average Bonchev–Trinajstić information content (AvgIpc) is 2.82. The van der Waals surface area contributed by atoms with E-state index in [0.717, 1.165) is 31.4 Å².